The van der Waals surface area contributed by atoms with Crippen LogP contribution in [-0.4, -0.2) is 36.0 Å². The lowest BCUT2D eigenvalue weighted by Crippen LogP contribution is -2.23. The van der Waals surface area contributed by atoms with E-state index >= 15 is 0 Å². The number of hydrogen-bond donors (Lipinski definition) is 0. The predicted molar refractivity (Wildman–Crippen MR) is 68.8 cm³/mol. The molecule has 4 nitrogen and oxygen atoms in total. The molecule has 1 aliphatic rings. The average molecular weight is 250 g/mol. The normalized spacial score (nSPS) is 15.2. The molecule has 1 aromatic rings. The zero-order chi connectivity index (χ0) is 12.1. The van der Waals surface area contributed by atoms with Gasteiger partial charge in [0.1, 0.15) is 0 Å². The van der Waals surface area contributed by atoms with Crippen LogP contribution < -0.4 is 0 Å². The van der Waals surface area contributed by atoms with Crippen molar-refractivity contribution >= 4 is 23.7 Å². The van der Waals surface area contributed by atoms with Gasteiger partial charge in [-0.15, -0.1) is 0 Å². The molecule has 1 aliphatic heterocycles. The highest BCUT2D eigenvalue weighted by atomic mass is 32.2. The molecule has 0 aromatic heterocycles. The van der Waals surface area contributed by atoms with Gasteiger partial charge in [0.25, 0.3) is 0 Å². The van der Waals surface area contributed by atoms with Crippen LogP contribution in [-0.2, 0) is 8.98 Å². The molecule has 90 valence electrons. The van der Waals surface area contributed by atoms with Crippen molar-refractivity contribution in [2.45, 2.75) is 6.42 Å². The number of amides is 1. The summed E-state index contributed by atoms with van der Waals surface area (Å²) < 4.78 is 4.88. The maximum Gasteiger partial charge on any atom is 0.248 e. The Morgan fingerprint density at radius 1 is 1.41 bits per heavy atom. The van der Waals surface area contributed by atoms with Crippen LogP contribution in [0.2, 0.25) is 0 Å². The predicted octanol–water partition coefficient (Wildman–Crippen LogP) is 1.92. The first-order valence-corrected chi connectivity index (χ1v) is 6.31. The second-order valence-corrected chi connectivity index (χ2v) is 4.57. The van der Waals surface area contributed by atoms with E-state index in [1.54, 1.807) is 7.11 Å². The van der Waals surface area contributed by atoms with Gasteiger partial charge in [-0.25, -0.2) is 5.01 Å². The number of carbonyl (C=O) groups is 1. The number of hydrogen-bond acceptors (Lipinski definition) is 4. The summed E-state index contributed by atoms with van der Waals surface area (Å²) in [7, 11) is 1.62. The Balaban J connectivity index is 2.01. The lowest BCUT2D eigenvalue weighted by molar-refractivity contribution is -0.128. The minimum atomic E-state index is 0.0561. The van der Waals surface area contributed by atoms with Gasteiger partial charge in [-0.05, 0) is 17.6 Å². The molecule has 1 aromatic carbocycles. The Morgan fingerprint density at radius 3 is 2.88 bits per heavy atom. The van der Waals surface area contributed by atoms with Gasteiger partial charge in [0, 0.05) is 5.75 Å². The molecule has 0 radical (unpaired) electrons. The fourth-order valence-electron chi connectivity index (χ4n) is 1.64. The summed E-state index contributed by atoms with van der Waals surface area (Å²) in [6.45, 7) is 0.591. The van der Waals surface area contributed by atoms with E-state index in [2.05, 4.69) is 5.10 Å². The Labute approximate surface area is 105 Å². The van der Waals surface area contributed by atoms with Crippen molar-refractivity contribution in [3.05, 3.63) is 35.9 Å². The quantitative estimate of drug-likeness (QED) is 0.592. The van der Waals surface area contributed by atoms with Crippen molar-refractivity contribution in [2.24, 2.45) is 5.10 Å². The molecule has 0 spiro atoms. The van der Waals surface area contributed by atoms with Gasteiger partial charge >= 0.3 is 0 Å². The molecule has 0 bridgehead atoms. The van der Waals surface area contributed by atoms with Gasteiger partial charge < -0.3 is 4.18 Å². The van der Waals surface area contributed by atoms with E-state index in [1.165, 1.54) is 17.1 Å². The zero-order valence-electron chi connectivity index (χ0n) is 9.63. The molecule has 17 heavy (non-hydrogen) atoms. The Kier molecular flexibility index (Phi) is 4.17. The Hall–Kier alpha value is -1.33. The number of benzene rings is 1. The van der Waals surface area contributed by atoms with E-state index in [0.717, 1.165) is 17.0 Å². The topological polar surface area (TPSA) is 41.9 Å². The van der Waals surface area contributed by atoms with E-state index in [-0.39, 0.29) is 5.91 Å². The number of nitrogens with zero attached hydrogens (tertiary/aromatic N) is 2. The third kappa shape index (κ3) is 3.08. The summed E-state index contributed by atoms with van der Waals surface area (Å²) in [5.41, 5.74) is 1.86. The van der Waals surface area contributed by atoms with Crippen molar-refractivity contribution in [1.82, 2.24) is 5.01 Å². The number of carbonyl (C=O) groups excluding carboxylic acids is 1. The Morgan fingerprint density at radius 2 is 2.18 bits per heavy atom. The summed E-state index contributed by atoms with van der Waals surface area (Å²) in [4.78, 5) is 11.7. The number of hydrazone groups is 1. The van der Waals surface area contributed by atoms with Gasteiger partial charge in [-0.2, -0.15) is 5.10 Å². The summed E-state index contributed by atoms with van der Waals surface area (Å²) in [5, 5.41) is 5.86. The molecule has 0 N–H and O–H groups in total. The maximum absolute atomic E-state index is 11.7. The van der Waals surface area contributed by atoms with Crippen molar-refractivity contribution in [3.63, 3.8) is 0 Å². The van der Waals surface area contributed by atoms with Crippen molar-refractivity contribution in [1.29, 1.82) is 0 Å². The summed E-state index contributed by atoms with van der Waals surface area (Å²) in [6.07, 6.45) is 0.391. The lowest BCUT2D eigenvalue weighted by Gasteiger charge is -2.09. The van der Waals surface area contributed by atoms with Crippen LogP contribution >= 0.6 is 12.0 Å². The molecular formula is C12H14N2O2S. The molecule has 0 atom stereocenters. The largest absolute Gasteiger partial charge is 0.318 e. The average Bonchev–Trinajstić information content (AvgIpc) is 2.73. The van der Waals surface area contributed by atoms with Crippen LogP contribution in [0.4, 0.5) is 0 Å². The molecule has 1 heterocycles. The van der Waals surface area contributed by atoms with Crippen molar-refractivity contribution in [3.8, 4) is 0 Å². The minimum Gasteiger partial charge on any atom is -0.318 e. The van der Waals surface area contributed by atoms with Gasteiger partial charge in [0.05, 0.1) is 25.8 Å². The highest BCUT2D eigenvalue weighted by Crippen LogP contribution is 2.15. The first kappa shape index (κ1) is 12.1. The maximum atomic E-state index is 11.7. The van der Waals surface area contributed by atoms with Crippen LogP contribution in [0, 0.1) is 0 Å². The highest BCUT2D eigenvalue weighted by molar-refractivity contribution is 7.94. The SMILES string of the molecule is COSCCN1N=C(c2ccccc2)CC1=O. The number of rotatable bonds is 5. The van der Waals surface area contributed by atoms with Gasteiger partial charge in [-0.3, -0.25) is 4.79 Å². The molecule has 2 rings (SSSR count). The van der Waals surface area contributed by atoms with E-state index in [0.29, 0.717) is 13.0 Å². The first-order valence-electron chi connectivity index (χ1n) is 5.40. The molecule has 0 aliphatic carbocycles. The molecule has 0 saturated carbocycles. The van der Waals surface area contributed by atoms with Crippen LogP contribution in [0.15, 0.2) is 35.4 Å². The van der Waals surface area contributed by atoms with Crippen molar-refractivity contribution in [2.75, 3.05) is 19.4 Å². The van der Waals surface area contributed by atoms with E-state index in [9.17, 15) is 4.79 Å². The van der Waals surface area contributed by atoms with Crippen LogP contribution in [0.1, 0.15) is 12.0 Å². The van der Waals surface area contributed by atoms with Crippen molar-refractivity contribution < 1.29 is 8.98 Å². The van der Waals surface area contributed by atoms with Gasteiger partial charge in [0.2, 0.25) is 5.91 Å². The van der Waals surface area contributed by atoms with Gasteiger partial charge in [-0.1, -0.05) is 30.3 Å². The molecular weight excluding hydrogens is 236 g/mol. The second-order valence-electron chi connectivity index (χ2n) is 3.60. The van der Waals surface area contributed by atoms with Crippen LogP contribution in [0.25, 0.3) is 0 Å². The molecule has 0 unspecified atom stereocenters. The van der Waals surface area contributed by atoms with Gasteiger partial charge in [0.15, 0.2) is 0 Å². The van der Waals surface area contributed by atoms with Crippen LogP contribution in [0.5, 0.6) is 0 Å². The fourth-order valence-corrected chi connectivity index (χ4v) is 2.06. The monoisotopic (exact) mass is 250 g/mol. The summed E-state index contributed by atoms with van der Waals surface area (Å²) in [5.74, 6) is 0.786. The zero-order valence-corrected chi connectivity index (χ0v) is 10.4. The van der Waals surface area contributed by atoms with E-state index < -0.39 is 0 Å². The highest BCUT2D eigenvalue weighted by Gasteiger charge is 2.23. The lowest BCUT2D eigenvalue weighted by atomic mass is 10.1. The van der Waals surface area contributed by atoms with E-state index in [4.69, 9.17) is 4.18 Å². The third-order valence-corrected chi connectivity index (χ3v) is 3.04. The summed E-state index contributed by atoms with van der Waals surface area (Å²) >= 11 is 1.33. The molecule has 5 heteroatoms. The standard InChI is InChI=1S/C12H14N2O2S/c1-16-17-8-7-14-12(15)9-11(13-14)10-5-3-2-4-6-10/h2-6H,7-9H2,1H3. The van der Waals surface area contributed by atoms with E-state index in [1.807, 2.05) is 30.3 Å². The Bertz CT molecular complexity index is 420. The smallest absolute Gasteiger partial charge is 0.248 e. The molecule has 0 saturated heterocycles. The minimum absolute atomic E-state index is 0.0561. The third-order valence-electron chi connectivity index (χ3n) is 2.46. The fraction of sp³-hybridized carbons (Fsp3) is 0.333. The summed E-state index contributed by atoms with van der Waals surface area (Å²) in [6, 6.07) is 9.80. The van der Waals surface area contributed by atoms with Crippen LogP contribution in [0.3, 0.4) is 0 Å². The molecule has 1 amide bonds. The molecule has 0 fully saturated rings. The second kappa shape index (κ2) is 5.84. The first-order chi connectivity index (χ1) is 8.31.